The van der Waals surface area contributed by atoms with E-state index in [1.165, 1.54) is 0 Å². The lowest BCUT2D eigenvalue weighted by molar-refractivity contribution is 0.0750. The number of carbonyl (C=O) groups excluding carboxylic acids is 1. The number of aliphatic hydroxyl groups is 1. The van der Waals surface area contributed by atoms with Crippen LogP contribution < -0.4 is 0 Å². The van der Waals surface area contributed by atoms with E-state index in [2.05, 4.69) is 0 Å². The molecule has 0 spiro atoms. The van der Waals surface area contributed by atoms with Crippen molar-refractivity contribution in [2.75, 3.05) is 13.1 Å². The number of rotatable bonds is 3. The van der Waals surface area contributed by atoms with Crippen LogP contribution in [0, 0.1) is 5.92 Å². The number of hydrogen-bond donors (Lipinski definition) is 1. The monoisotopic (exact) mass is 284 g/mol. The van der Waals surface area contributed by atoms with Gasteiger partial charge in [-0.3, -0.25) is 4.79 Å². The van der Waals surface area contributed by atoms with Crippen molar-refractivity contribution in [3.05, 3.63) is 23.0 Å². The summed E-state index contributed by atoms with van der Waals surface area (Å²) in [4.78, 5) is 14.3. The van der Waals surface area contributed by atoms with Crippen molar-refractivity contribution in [2.24, 2.45) is 5.92 Å². The number of aromatic nitrogens is 1. The van der Waals surface area contributed by atoms with Crippen molar-refractivity contribution in [1.29, 1.82) is 0 Å². The lowest BCUT2D eigenvalue weighted by Gasteiger charge is -2.20. The van der Waals surface area contributed by atoms with E-state index in [1.807, 2.05) is 23.3 Å². The Labute approximate surface area is 119 Å². The van der Waals surface area contributed by atoms with E-state index in [1.54, 1.807) is 19.2 Å². The van der Waals surface area contributed by atoms with Crippen LogP contribution in [0.3, 0.4) is 0 Å². The van der Waals surface area contributed by atoms with E-state index in [0.717, 1.165) is 6.42 Å². The number of carbonyl (C=O) groups is 1. The fourth-order valence-corrected chi connectivity index (χ4v) is 2.78. The summed E-state index contributed by atoms with van der Waals surface area (Å²) < 4.78 is 1.90. The summed E-state index contributed by atoms with van der Waals surface area (Å²) in [5.74, 6) is 0.186. The zero-order valence-corrected chi connectivity index (χ0v) is 12.4. The van der Waals surface area contributed by atoms with Gasteiger partial charge >= 0.3 is 0 Å². The fraction of sp³-hybridized carbons (Fsp3) is 0.643. The van der Waals surface area contributed by atoms with Crippen molar-refractivity contribution < 1.29 is 9.90 Å². The van der Waals surface area contributed by atoms with Gasteiger partial charge < -0.3 is 14.6 Å². The summed E-state index contributed by atoms with van der Waals surface area (Å²) in [5, 5.41) is 10.2. The third-order valence-electron chi connectivity index (χ3n) is 3.78. The highest BCUT2D eigenvalue weighted by atomic mass is 35.5. The van der Waals surface area contributed by atoms with Gasteiger partial charge in [-0.1, -0.05) is 11.6 Å². The first-order valence-corrected chi connectivity index (χ1v) is 7.12. The molecule has 1 aliphatic heterocycles. The summed E-state index contributed by atoms with van der Waals surface area (Å²) in [5.41, 5.74) is 0.631. The van der Waals surface area contributed by atoms with Crippen LogP contribution in [0.4, 0.5) is 0 Å². The van der Waals surface area contributed by atoms with Crippen molar-refractivity contribution in [1.82, 2.24) is 9.47 Å². The minimum absolute atomic E-state index is 0.00347. The predicted molar refractivity (Wildman–Crippen MR) is 75.5 cm³/mol. The quantitative estimate of drug-likeness (QED) is 0.927. The van der Waals surface area contributed by atoms with Crippen molar-refractivity contribution >= 4 is 17.5 Å². The molecular weight excluding hydrogens is 264 g/mol. The Morgan fingerprint density at radius 2 is 2.16 bits per heavy atom. The van der Waals surface area contributed by atoms with Gasteiger partial charge in [-0.15, -0.1) is 0 Å². The Kier molecular flexibility index (Phi) is 4.21. The standard InChI is InChI=1S/C14H21ClN2O2/c1-9(2)17-8-12(15)6-13(17)14(19)16-5-4-11(7-16)10(3)18/h6,8-11,18H,4-5,7H2,1-3H3. The first kappa shape index (κ1) is 14.4. The molecule has 19 heavy (non-hydrogen) atoms. The highest BCUT2D eigenvalue weighted by Crippen LogP contribution is 2.25. The molecule has 1 aromatic heterocycles. The average Bonchev–Trinajstić information content (AvgIpc) is 2.94. The van der Waals surface area contributed by atoms with Gasteiger partial charge in [-0.2, -0.15) is 0 Å². The average molecular weight is 285 g/mol. The SMILES string of the molecule is CC(O)C1CCN(C(=O)c2cc(Cl)cn2C(C)C)C1. The Balaban J connectivity index is 2.17. The molecular formula is C14H21ClN2O2. The Hall–Kier alpha value is -1.00. The van der Waals surface area contributed by atoms with Crippen LogP contribution in [0.15, 0.2) is 12.3 Å². The smallest absolute Gasteiger partial charge is 0.270 e. The van der Waals surface area contributed by atoms with Crippen LogP contribution in [0.5, 0.6) is 0 Å². The summed E-state index contributed by atoms with van der Waals surface area (Å²) in [7, 11) is 0. The van der Waals surface area contributed by atoms with Crippen LogP contribution in [-0.2, 0) is 0 Å². The molecule has 2 rings (SSSR count). The van der Waals surface area contributed by atoms with Gasteiger partial charge in [0.05, 0.1) is 11.1 Å². The highest BCUT2D eigenvalue weighted by Gasteiger charge is 2.31. The largest absolute Gasteiger partial charge is 0.393 e. The second-order valence-electron chi connectivity index (χ2n) is 5.59. The summed E-state index contributed by atoms with van der Waals surface area (Å²) in [6.45, 7) is 7.16. The molecule has 1 aromatic rings. The molecule has 1 saturated heterocycles. The van der Waals surface area contributed by atoms with E-state index in [-0.39, 0.29) is 24.0 Å². The number of halogens is 1. The molecule has 2 atom stereocenters. The van der Waals surface area contributed by atoms with Gasteiger partial charge in [0.1, 0.15) is 5.69 Å². The molecule has 0 radical (unpaired) electrons. The van der Waals surface area contributed by atoms with Crippen molar-refractivity contribution in [2.45, 2.75) is 39.3 Å². The maximum absolute atomic E-state index is 12.5. The minimum atomic E-state index is -0.363. The van der Waals surface area contributed by atoms with Gasteiger partial charge in [0.25, 0.3) is 5.91 Å². The Bertz CT molecular complexity index is 468. The molecule has 0 saturated carbocycles. The second kappa shape index (κ2) is 5.55. The predicted octanol–water partition coefficient (Wildman–Crippen LogP) is 2.57. The molecule has 5 heteroatoms. The molecule has 1 amide bonds. The molecule has 1 N–H and O–H groups in total. The molecule has 0 aliphatic carbocycles. The van der Waals surface area contributed by atoms with E-state index in [0.29, 0.717) is 23.8 Å². The first-order valence-electron chi connectivity index (χ1n) is 6.75. The van der Waals surface area contributed by atoms with Gasteiger partial charge in [-0.05, 0) is 33.3 Å². The highest BCUT2D eigenvalue weighted by molar-refractivity contribution is 6.31. The molecule has 4 nitrogen and oxygen atoms in total. The molecule has 0 aromatic carbocycles. The van der Waals surface area contributed by atoms with Gasteiger partial charge in [0.2, 0.25) is 0 Å². The Morgan fingerprint density at radius 3 is 2.68 bits per heavy atom. The van der Waals surface area contributed by atoms with Crippen LogP contribution in [-0.4, -0.2) is 39.7 Å². The van der Waals surface area contributed by atoms with E-state index in [9.17, 15) is 9.90 Å². The van der Waals surface area contributed by atoms with Crippen LogP contribution in [0.2, 0.25) is 5.02 Å². The fourth-order valence-electron chi connectivity index (χ4n) is 2.57. The van der Waals surface area contributed by atoms with Crippen LogP contribution in [0.1, 0.15) is 43.7 Å². The number of amides is 1. The van der Waals surface area contributed by atoms with Gasteiger partial charge in [0, 0.05) is 31.2 Å². The summed E-state index contributed by atoms with van der Waals surface area (Å²) in [6.07, 6.45) is 2.29. The maximum atomic E-state index is 12.5. The maximum Gasteiger partial charge on any atom is 0.270 e. The Morgan fingerprint density at radius 1 is 1.47 bits per heavy atom. The van der Waals surface area contributed by atoms with E-state index < -0.39 is 0 Å². The van der Waals surface area contributed by atoms with Gasteiger partial charge in [-0.25, -0.2) is 0 Å². The summed E-state index contributed by atoms with van der Waals surface area (Å²) in [6, 6.07) is 1.92. The van der Waals surface area contributed by atoms with Crippen molar-refractivity contribution in [3.8, 4) is 0 Å². The molecule has 106 valence electrons. The lowest BCUT2D eigenvalue weighted by Crippen LogP contribution is -2.32. The van der Waals surface area contributed by atoms with Crippen molar-refractivity contribution in [3.63, 3.8) is 0 Å². The lowest BCUT2D eigenvalue weighted by atomic mass is 10.0. The third-order valence-corrected chi connectivity index (χ3v) is 3.99. The second-order valence-corrected chi connectivity index (χ2v) is 6.02. The van der Waals surface area contributed by atoms with Crippen LogP contribution in [0.25, 0.3) is 0 Å². The molecule has 2 heterocycles. The number of nitrogens with zero attached hydrogens (tertiary/aromatic N) is 2. The normalized spacial score (nSPS) is 21.2. The third kappa shape index (κ3) is 2.95. The van der Waals surface area contributed by atoms with E-state index >= 15 is 0 Å². The number of likely N-dealkylation sites (tertiary alicyclic amines) is 1. The topological polar surface area (TPSA) is 45.5 Å². The van der Waals surface area contributed by atoms with Crippen LogP contribution >= 0.6 is 11.6 Å². The van der Waals surface area contributed by atoms with E-state index in [4.69, 9.17) is 11.6 Å². The number of aliphatic hydroxyl groups excluding tert-OH is 1. The zero-order valence-electron chi connectivity index (χ0n) is 11.6. The molecule has 1 fully saturated rings. The van der Waals surface area contributed by atoms with Gasteiger partial charge in [0.15, 0.2) is 0 Å². The molecule has 0 bridgehead atoms. The first-order chi connectivity index (χ1) is 8.90. The minimum Gasteiger partial charge on any atom is -0.393 e. The zero-order chi connectivity index (χ0) is 14.2. The molecule has 2 unspecified atom stereocenters. The molecule has 1 aliphatic rings. The summed E-state index contributed by atoms with van der Waals surface area (Å²) >= 11 is 6.01. The number of hydrogen-bond acceptors (Lipinski definition) is 2.